The molecule has 17 heavy (non-hydrogen) atoms. The number of imidazole rings is 1. The number of rotatable bonds is 3. The summed E-state index contributed by atoms with van der Waals surface area (Å²) in [6.45, 7) is 2.03. The molecule has 1 aromatic heterocycles. The molecule has 0 aliphatic heterocycles. The number of hydrogen-bond acceptors (Lipinski definition) is 2. The first-order valence-electron chi connectivity index (χ1n) is 5.37. The van der Waals surface area contributed by atoms with E-state index < -0.39 is 5.97 Å². The van der Waals surface area contributed by atoms with E-state index in [0.717, 1.165) is 11.3 Å². The molecule has 4 heteroatoms. The van der Waals surface area contributed by atoms with Crippen LogP contribution in [0.5, 0.6) is 0 Å². The maximum absolute atomic E-state index is 10.7. The maximum atomic E-state index is 10.7. The highest BCUT2D eigenvalue weighted by atomic mass is 16.4. The lowest BCUT2D eigenvalue weighted by Crippen LogP contribution is -2.07. The molecule has 0 radical (unpaired) electrons. The van der Waals surface area contributed by atoms with Crippen LogP contribution in [0.4, 0.5) is 0 Å². The summed E-state index contributed by atoms with van der Waals surface area (Å²) in [5, 5.41) is 8.75. The first-order chi connectivity index (χ1) is 8.08. The summed E-state index contributed by atoms with van der Waals surface area (Å²) >= 11 is 0. The molecule has 0 bridgehead atoms. The Morgan fingerprint density at radius 3 is 2.59 bits per heavy atom. The van der Waals surface area contributed by atoms with Gasteiger partial charge in [0.05, 0.1) is 11.9 Å². The van der Waals surface area contributed by atoms with Gasteiger partial charge >= 0.3 is 5.97 Å². The number of aliphatic carboxylic acids is 1. The van der Waals surface area contributed by atoms with E-state index in [9.17, 15) is 4.79 Å². The molecule has 0 amide bonds. The molecule has 1 N–H and O–H groups in total. The van der Waals surface area contributed by atoms with Crippen LogP contribution in [-0.4, -0.2) is 20.6 Å². The number of hydrogen-bond donors (Lipinski definition) is 1. The number of nitrogens with zero attached hydrogens (tertiary/aromatic N) is 2. The molecule has 0 saturated heterocycles. The lowest BCUT2D eigenvalue weighted by atomic mass is 10.1. The number of carboxylic acid groups (broad SMARTS) is 1. The van der Waals surface area contributed by atoms with Crippen molar-refractivity contribution in [1.82, 2.24) is 9.55 Å². The van der Waals surface area contributed by atoms with Gasteiger partial charge in [0.1, 0.15) is 12.2 Å². The first-order valence-corrected chi connectivity index (χ1v) is 5.37. The largest absolute Gasteiger partial charge is 0.481 e. The zero-order valence-corrected chi connectivity index (χ0v) is 9.84. The number of aromatic nitrogens is 2. The minimum atomic E-state index is -0.867. The molecule has 4 nitrogen and oxygen atoms in total. The van der Waals surface area contributed by atoms with E-state index in [-0.39, 0.29) is 6.42 Å². The van der Waals surface area contributed by atoms with Crippen molar-refractivity contribution < 1.29 is 9.90 Å². The smallest absolute Gasteiger partial charge is 0.311 e. The highest BCUT2D eigenvalue weighted by molar-refractivity contribution is 5.70. The predicted octanol–water partition coefficient (Wildman–Crippen LogP) is 2.02. The highest BCUT2D eigenvalue weighted by Crippen LogP contribution is 2.20. The summed E-state index contributed by atoms with van der Waals surface area (Å²) in [6, 6.07) is 8.08. The summed E-state index contributed by atoms with van der Waals surface area (Å²) in [4.78, 5) is 14.8. The van der Waals surface area contributed by atoms with Gasteiger partial charge in [0.15, 0.2) is 0 Å². The topological polar surface area (TPSA) is 55.1 Å². The van der Waals surface area contributed by atoms with Gasteiger partial charge in [0.2, 0.25) is 0 Å². The average Bonchev–Trinajstić information content (AvgIpc) is 2.61. The van der Waals surface area contributed by atoms with Crippen LogP contribution in [0.15, 0.2) is 30.5 Å². The number of carbonyl (C=O) groups is 1. The quantitative estimate of drug-likeness (QED) is 0.877. The molecular formula is C13H14N2O2. The van der Waals surface area contributed by atoms with Gasteiger partial charge in [-0.05, 0) is 12.5 Å². The van der Waals surface area contributed by atoms with E-state index in [1.165, 1.54) is 5.56 Å². The fourth-order valence-electron chi connectivity index (χ4n) is 1.74. The van der Waals surface area contributed by atoms with Gasteiger partial charge < -0.3 is 9.67 Å². The van der Waals surface area contributed by atoms with E-state index >= 15 is 0 Å². The van der Waals surface area contributed by atoms with Gasteiger partial charge in [-0.3, -0.25) is 4.79 Å². The molecule has 0 fully saturated rings. The van der Waals surface area contributed by atoms with E-state index in [0.29, 0.717) is 5.82 Å². The second-order valence-electron chi connectivity index (χ2n) is 4.06. The Labute approximate surface area is 99.5 Å². The minimum absolute atomic E-state index is 0.0532. The molecule has 1 heterocycles. The molecule has 0 aliphatic rings. The third-order valence-corrected chi connectivity index (χ3v) is 2.74. The van der Waals surface area contributed by atoms with Crippen molar-refractivity contribution in [2.24, 2.45) is 7.05 Å². The Hall–Kier alpha value is -2.10. The zero-order chi connectivity index (χ0) is 12.4. The standard InChI is InChI=1S/C13H14N2O2/c1-9-3-5-10(6-4-9)11-8-14-12(15(11)2)7-13(16)17/h3-6,8H,7H2,1-2H3,(H,16,17). The van der Waals surface area contributed by atoms with Crippen LogP contribution in [0.1, 0.15) is 11.4 Å². The van der Waals surface area contributed by atoms with E-state index in [2.05, 4.69) is 4.98 Å². The van der Waals surface area contributed by atoms with Crippen LogP contribution in [0, 0.1) is 6.92 Å². The van der Waals surface area contributed by atoms with Gasteiger partial charge in [0.25, 0.3) is 0 Å². The van der Waals surface area contributed by atoms with Gasteiger partial charge in [-0.25, -0.2) is 4.98 Å². The molecule has 2 aromatic rings. The maximum Gasteiger partial charge on any atom is 0.311 e. The number of benzene rings is 1. The fourth-order valence-corrected chi connectivity index (χ4v) is 1.74. The molecule has 0 unspecified atom stereocenters. The fraction of sp³-hybridized carbons (Fsp3) is 0.231. The second-order valence-corrected chi connectivity index (χ2v) is 4.06. The van der Waals surface area contributed by atoms with Crippen molar-refractivity contribution in [2.45, 2.75) is 13.3 Å². The van der Waals surface area contributed by atoms with Crippen LogP contribution in [-0.2, 0) is 18.3 Å². The molecule has 1 aromatic carbocycles. The van der Waals surface area contributed by atoms with Crippen molar-refractivity contribution in [1.29, 1.82) is 0 Å². The van der Waals surface area contributed by atoms with Crippen molar-refractivity contribution in [3.63, 3.8) is 0 Å². The van der Waals surface area contributed by atoms with E-state index in [1.54, 1.807) is 6.20 Å². The van der Waals surface area contributed by atoms with Gasteiger partial charge in [-0.15, -0.1) is 0 Å². The van der Waals surface area contributed by atoms with Gasteiger partial charge in [-0.2, -0.15) is 0 Å². The summed E-state index contributed by atoms with van der Waals surface area (Å²) in [5.41, 5.74) is 3.17. The van der Waals surface area contributed by atoms with Gasteiger partial charge in [-0.1, -0.05) is 29.8 Å². The van der Waals surface area contributed by atoms with Crippen molar-refractivity contribution >= 4 is 5.97 Å². The zero-order valence-electron chi connectivity index (χ0n) is 9.84. The Balaban J connectivity index is 2.37. The normalized spacial score (nSPS) is 10.5. The van der Waals surface area contributed by atoms with Crippen LogP contribution in [0.25, 0.3) is 11.3 Å². The Bertz CT molecular complexity index is 541. The summed E-state index contributed by atoms with van der Waals surface area (Å²) < 4.78 is 1.82. The summed E-state index contributed by atoms with van der Waals surface area (Å²) in [6.07, 6.45) is 1.66. The Morgan fingerprint density at radius 1 is 1.35 bits per heavy atom. The number of carboxylic acids is 1. The van der Waals surface area contributed by atoms with E-state index in [4.69, 9.17) is 5.11 Å². The molecule has 0 spiro atoms. The van der Waals surface area contributed by atoms with Crippen molar-refractivity contribution in [2.75, 3.05) is 0 Å². The second kappa shape index (κ2) is 4.41. The van der Waals surface area contributed by atoms with Crippen LogP contribution in [0.2, 0.25) is 0 Å². The average molecular weight is 230 g/mol. The van der Waals surface area contributed by atoms with Crippen LogP contribution in [0.3, 0.4) is 0 Å². The lowest BCUT2D eigenvalue weighted by molar-refractivity contribution is -0.136. The van der Waals surface area contributed by atoms with Crippen LogP contribution < -0.4 is 0 Å². The lowest BCUT2D eigenvalue weighted by Gasteiger charge is -2.05. The molecule has 88 valence electrons. The molecule has 0 aliphatic carbocycles. The monoisotopic (exact) mass is 230 g/mol. The van der Waals surface area contributed by atoms with Crippen molar-refractivity contribution in [3.8, 4) is 11.3 Å². The summed E-state index contributed by atoms with van der Waals surface area (Å²) in [5.74, 6) is -0.303. The van der Waals surface area contributed by atoms with Gasteiger partial charge in [0, 0.05) is 7.05 Å². The third-order valence-electron chi connectivity index (χ3n) is 2.74. The minimum Gasteiger partial charge on any atom is -0.481 e. The first kappa shape index (κ1) is 11.4. The SMILES string of the molecule is Cc1ccc(-c2cnc(CC(=O)O)n2C)cc1. The molecule has 0 saturated carbocycles. The third kappa shape index (κ3) is 2.36. The molecule has 0 atom stereocenters. The predicted molar refractivity (Wildman–Crippen MR) is 64.7 cm³/mol. The Kier molecular flexibility index (Phi) is 2.95. The van der Waals surface area contributed by atoms with Crippen LogP contribution >= 0.6 is 0 Å². The summed E-state index contributed by atoms with van der Waals surface area (Å²) in [7, 11) is 1.83. The molecule has 2 rings (SSSR count). The highest BCUT2D eigenvalue weighted by Gasteiger charge is 2.10. The van der Waals surface area contributed by atoms with E-state index in [1.807, 2.05) is 42.8 Å². The Morgan fingerprint density at radius 2 is 2.00 bits per heavy atom. The molecular weight excluding hydrogens is 216 g/mol. The van der Waals surface area contributed by atoms with Crippen molar-refractivity contribution in [3.05, 3.63) is 41.9 Å². The number of aryl methyl sites for hydroxylation is 1.